The molecule has 2 aromatic carbocycles. The maximum atomic E-state index is 12.9. The number of hydrogen-bond acceptors (Lipinski definition) is 1. The molecule has 1 N–H and O–H groups in total. The lowest BCUT2D eigenvalue weighted by Crippen LogP contribution is -2.18. The van der Waals surface area contributed by atoms with Gasteiger partial charge in [-0.1, -0.05) is 30.3 Å². The van der Waals surface area contributed by atoms with Crippen molar-refractivity contribution in [2.45, 2.75) is 33.4 Å². The van der Waals surface area contributed by atoms with Gasteiger partial charge in [0, 0.05) is 12.6 Å². The molecule has 100 valence electrons. The summed E-state index contributed by atoms with van der Waals surface area (Å²) >= 11 is 0. The molecule has 0 aliphatic carbocycles. The van der Waals surface area contributed by atoms with E-state index in [9.17, 15) is 4.39 Å². The highest BCUT2D eigenvalue weighted by Gasteiger charge is 2.06. The van der Waals surface area contributed by atoms with Crippen molar-refractivity contribution in [3.05, 3.63) is 70.5 Å². The van der Waals surface area contributed by atoms with Gasteiger partial charge in [0.15, 0.2) is 0 Å². The van der Waals surface area contributed by atoms with E-state index < -0.39 is 0 Å². The van der Waals surface area contributed by atoms with Crippen molar-refractivity contribution in [3.63, 3.8) is 0 Å². The molecular weight excluding hydrogens is 237 g/mol. The van der Waals surface area contributed by atoms with E-state index in [1.54, 1.807) is 0 Å². The van der Waals surface area contributed by atoms with Crippen molar-refractivity contribution in [3.8, 4) is 0 Å². The number of aryl methyl sites for hydroxylation is 1. The summed E-state index contributed by atoms with van der Waals surface area (Å²) < 4.78 is 12.9. The zero-order valence-electron chi connectivity index (χ0n) is 11.7. The van der Waals surface area contributed by atoms with Gasteiger partial charge in [-0.15, -0.1) is 0 Å². The molecule has 0 heterocycles. The Hall–Kier alpha value is -1.67. The third-order valence-electron chi connectivity index (χ3n) is 3.69. The predicted octanol–water partition coefficient (Wildman–Crippen LogP) is 4.29. The van der Waals surface area contributed by atoms with Crippen LogP contribution in [0.3, 0.4) is 0 Å². The second-order valence-corrected chi connectivity index (χ2v) is 5.01. The third-order valence-corrected chi connectivity index (χ3v) is 3.69. The molecule has 0 aliphatic rings. The molecule has 2 aromatic rings. The molecule has 1 atom stereocenters. The molecule has 0 bridgehead atoms. The van der Waals surface area contributed by atoms with Crippen LogP contribution in [0.2, 0.25) is 0 Å². The minimum atomic E-state index is -0.189. The van der Waals surface area contributed by atoms with Crippen LogP contribution < -0.4 is 5.32 Å². The first-order chi connectivity index (χ1) is 9.08. The molecule has 2 rings (SSSR count). The van der Waals surface area contributed by atoms with E-state index in [-0.39, 0.29) is 11.9 Å². The molecule has 0 spiro atoms. The molecule has 1 nitrogen and oxygen atoms in total. The lowest BCUT2D eigenvalue weighted by Gasteiger charge is -2.16. The fourth-order valence-corrected chi connectivity index (χ4v) is 2.14. The molecule has 2 heteroatoms. The average Bonchev–Trinajstić information content (AvgIpc) is 2.41. The van der Waals surface area contributed by atoms with Gasteiger partial charge in [0.2, 0.25) is 0 Å². The molecule has 0 unspecified atom stereocenters. The number of rotatable bonds is 4. The first kappa shape index (κ1) is 13.8. The lowest BCUT2D eigenvalue weighted by molar-refractivity contribution is 0.569. The highest BCUT2D eigenvalue weighted by molar-refractivity contribution is 5.33. The Morgan fingerprint density at radius 2 is 1.74 bits per heavy atom. The summed E-state index contributed by atoms with van der Waals surface area (Å²) in [7, 11) is 0. The monoisotopic (exact) mass is 257 g/mol. The van der Waals surface area contributed by atoms with Crippen LogP contribution in [0, 0.1) is 19.7 Å². The van der Waals surface area contributed by atoms with Crippen LogP contribution in [0.4, 0.5) is 4.39 Å². The topological polar surface area (TPSA) is 12.0 Å². The van der Waals surface area contributed by atoms with E-state index in [4.69, 9.17) is 0 Å². The van der Waals surface area contributed by atoms with E-state index >= 15 is 0 Å². The second-order valence-electron chi connectivity index (χ2n) is 5.01. The van der Waals surface area contributed by atoms with Gasteiger partial charge in [0.05, 0.1) is 0 Å². The van der Waals surface area contributed by atoms with Crippen molar-refractivity contribution in [1.29, 1.82) is 0 Å². The number of halogens is 1. The van der Waals surface area contributed by atoms with Gasteiger partial charge in [0.25, 0.3) is 0 Å². The zero-order chi connectivity index (χ0) is 13.8. The smallest absolute Gasteiger partial charge is 0.123 e. The Balaban J connectivity index is 2.02. The maximum Gasteiger partial charge on any atom is 0.123 e. The van der Waals surface area contributed by atoms with E-state index in [0.29, 0.717) is 0 Å². The molecule has 0 aliphatic heterocycles. The maximum absolute atomic E-state index is 12.9. The summed E-state index contributed by atoms with van der Waals surface area (Å²) in [5, 5.41) is 3.48. The standard InChI is InChI=1S/C17H20FN/c1-12-5-4-6-16(13(12)2)11-19-14(3)15-7-9-17(18)10-8-15/h4-10,14,19H,11H2,1-3H3/t14-/m0/s1. The third kappa shape index (κ3) is 3.42. The van der Waals surface area contributed by atoms with Crippen LogP contribution in [0.5, 0.6) is 0 Å². The van der Waals surface area contributed by atoms with Gasteiger partial charge >= 0.3 is 0 Å². The minimum absolute atomic E-state index is 0.189. The Kier molecular flexibility index (Phi) is 4.33. The molecule has 19 heavy (non-hydrogen) atoms. The number of benzene rings is 2. The fraction of sp³-hybridized carbons (Fsp3) is 0.294. The van der Waals surface area contributed by atoms with Crippen molar-refractivity contribution < 1.29 is 4.39 Å². The summed E-state index contributed by atoms with van der Waals surface area (Å²) in [5.41, 5.74) is 5.07. The summed E-state index contributed by atoms with van der Waals surface area (Å²) in [6.07, 6.45) is 0. The summed E-state index contributed by atoms with van der Waals surface area (Å²) in [4.78, 5) is 0. The zero-order valence-corrected chi connectivity index (χ0v) is 11.7. The Morgan fingerprint density at radius 1 is 1.05 bits per heavy atom. The SMILES string of the molecule is Cc1cccc(CN[C@@H](C)c2ccc(F)cc2)c1C. The second kappa shape index (κ2) is 5.98. The van der Waals surface area contributed by atoms with Crippen molar-refractivity contribution in [2.75, 3.05) is 0 Å². The van der Waals surface area contributed by atoms with E-state index in [1.807, 2.05) is 12.1 Å². The molecule has 0 aromatic heterocycles. The largest absolute Gasteiger partial charge is 0.306 e. The average molecular weight is 257 g/mol. The number of nitrogens with one attached hydrogen (secondary N) is 1. The van der Waals surface area contributed by atoms with Gasteiger partial charge in [0.1, 0.15) is 5.82 Å². The van der Waals surface area contributed by atoms with E-state index in [0.717, 1.165) is 12.1 Å². The Bertz CT molecular complexity index is 546. The van der Waals surface area contributed by atoms with Crippen LogP contribution in [-0.4, -0.2) is 0 Å². The Morgan fingerprint density at radius 3 is 2.42 bits per heavy atom. The van der Waals surface area contributed by atoms with Crippen LogP contribution in [0.25, 0.3) is 0 Å². The van der Waals surface area contributed by atoms with Crippen LogP contribution >= 0.6 is 0 Å². The molecule has 0 saturated heterocycles. The van der Waals surface area contributed by atoms with Gasteiger partial charge < -0.3 is 5.32 Å². The molecule has 0 amide bonds. The summed E-state index contributed by atoms with van der Waals surface area (Å²) in [5.74, 6) is -0.189. The quantitative estimate of drug-likeness (QED) is 0.861. The van der Waals surface area contributed by atoms with Gasteiger partial charge in [-0.3, -0.25) is 0 Å². The molecule has 0 radical (unpaired) electrons. The molecule has 0 saturated carbocycles. The highest BCUT2D eigenvalue weighted by atomic mass is 19.1. The Labute approximate surface area is 114 Å². The lowest BCUT2D eigenvalue weighted by atomic mass is 10.0. The predicted molar refractivity (Wildman–Crippen MR) is 77.6 cm³/mol. The van der Waals surface area contributed by atoms with Gasteiger partial charge in [-0.25, -0.2) is 4.39 Å². The summed E-state index contributed by atoms with van der Waals surface area (Å²) in [6, 6.07) is 13.2. The van der Waals surface area contributed by atoms with Crippen molar-refractivity contribution >= 4 is 0 Å². The van der Waals surface area contributed by atoms with Crippen LogP contribution in [0.1, 0.15) is 35.2 Å². The first-order valence-electron chi connectivity index (χ1n) is 6.62. The van der Waals surface area contributed by atoms with Crippen molar-refractivity contribution in [1.82, 2.24) is 5.32 Å². The minimum Gasteiger partial charge on any atom is -0.306 e. The van der Waals surface area contributed by atoms with Crippen LogP contribution in [0.15, 0.2) is 42.5 Å². The van der Waals surface area contributed by atoms with Crippen molar-refractivity contribution in [2.24, 2.45) is 0 Å². The van der Waals surface area contributed by atoms with Crippen LogP contribution in [-0.2, 0) is 6.54 Å². The number of hydrogen-bond donors (Lipinski definition) is 1. The van der Waals surface area contributed by atoms with E-state index in [1.165, 1.54) is 28.8 Å². The van der Waals surface area contributed by atoms with Gasteiger partial charge in [-0.2, -0.15) is 0 Å². The normalized spacial score (nSPS) is 12.4. The molecular formula is C17H20FN. The molecule has 0 fully saturated rings. The highest BCUT2D eigenvalue weighted by Crippen LogP contribution is 2.16. The van der Waals surface area contributed by atoms with Gasteiger partial charge in [-0.05, 0) is 55.2 Å². The van der Waals surface area contributed by atoms with E-state index in [2.05, 4.69) is 44.3 Å². The first-order valence-corrected chi connectivity index (χ1v) is 6.62. The summed E-state index contributed by atoms with van der Waals surface area (Å²) in [6.45, 7) is 7.20. The fourth-order valence-electron chi connectivity index (χ4n) is 2.14.